The van der Waals surface area contributed by atoms with Crippen molar-refractivity contribution in [2.75, 3.05) is 6.79 Å². The van der Waals surface area contributed by atoms with Crippen molar-refractivity contribution in [3.8, 4) is 11.5 Å². The number of benzene rings is 2. The Balaban J connectivity index is 1.19. The average Bonchev–Trinajstić information content (AvgIpc) is 3.41. The summed E-state index contributed by atoms with van der Waals surface area (Å²) < 4.78 is 10.7. The number of nitrogens with one attached hydrogen (secondary N) is 1. The molecule has 0 radical (unpaired) electrons. The molecule has 27 heavy (non-hydrogen) atoms. The van der Waals surface area contributed by atoms with Gasteiger partial charge in [-0.3, -0.25) is 4.79 Å². The molecule has 0 aromatic heterocycles. The van der Waals surface area contributed by atoms with E-state index in [1.165, 1.54) is 11.1 Å². The van der Waals surface area contributed by atoms with Gasteiger partial charge in [0, 0.05) is 12.8 Å². The third-order valence-electron chi connectivity index (χ3n) is 5.32. The maximum absolute atomic E-state index is 12.6. The molecule has 0 unspecified atom stereocenters. The van der Waals surface area contributed by atoms with E-state index < -0.39 is 6.10 Å². The van der Waals surface area contributed by atoms with E-state index in [0.29, 0.717) is 12.8 Å². The van der Waals surface area contributed by atoms with Gasteiger partial charge < -0.3 is 19.6 Å². The number of ether oxygens (including phenoxy) is 2. The van der Waals surface area contributed by atoms with Crippen molar-refractivity contribution in [2.24, 2.45) is 5.16 Å². The number of rotatable bonds is 4. The van der Waals surface area contributed by atoms with E-state index in [-0.39, 0.29) is 18.7 Å². The van der Waals surface area contributed by atoms with E-state index in [1.54, 1.807) is 0 Å². The number of fused-ring (bicyclic) bond motifs is 2. The summed E-state index contributed by atoms with van der Waals surface area (Å²) in [4.78, 5) is 18.0. The number of amides is 1. The van der Waals surface area contributed by atoms with Gasteiger partial charge in [-0.15, -0.1) is 0 Å². The van der Waals surface area contributed by atoms with Gasteiger partial charge in [0.05, 0.1) is 11.8 Å². The molecule has 0 saturated carbocycles. The third kappa shape index (κ3) is 3.12. The molecule has 6 nitrogen and oxygen atoms in total. The lowest BCUT2D eigenvalue weighted by atomic mass is 10.0. The molecule has 1 N–H and O–H groups in total. The van der Waals surface area contributed by atoms with Gasteiger partial charge in [0.15, 0.2) is 11.5 Å². The van der Waals surface area contributed by atoms with Gasteiger partial charge in [0.25, 0.3) is 5.91 Å². The molecule has 0 bridgehead atoms. The molecular formula is C21H20N2O4. The van der Waals surface area contributed by atoms with Crippen molar-refractivity contribution in [1.82, 2.24) is 5.32 Å². The van der Waals surface area contributed by atoms with Crippen molar-refractivity contribution in [3.63, 3.8) is 0 Å². The predicted molar refractivity (Wildman–Crippen MR) is 98.8 cm³/mol. The SMILES string of the molecule is O=C(N[C@@H]1CCc2ccccc21)[C@H]1CC(Cc2ccc3c(c2)OCO3)=NO1. The second-order valence-electron chi connectivity index (χ2n) is 7.12. The van der Waals surface area contributed by atoms with Gasteiger partial charge in [-0.25, -0.2) is 0 Å². The van der Waals surface area contributed by atoms with Crippen LogP contribution in [0.3, 0.4) is 0 Å². The standard InChI is InChI=1S/C21H20N2O4/c24-21(22-17-7-6-14-3-1-2-4-16(14)17)20-11-15(23-27-20)9-13-5-8-18-19(10-13)26-12-25-18/h1-5,8,10,17,20H,6-7,9,11-12H2,(H,22,24)/t17-,20-/m1/s1. The first-order valence-corrected chi connectivity index (χ1v) is 9.24. The van der Waals surface area contributed by atoms with Crippen molar-refractivity contribution in [1.29, 1.82) is 0 Å². The lowest BCUT2D eigenvalue weighted by Crippen LogP contribution is -2.36. The van der Waals surface area contributed by atoms with Crippen LogP contribution >= 0.6 is 0 Å². The molecule has 0 spiro atoms. The molecule has 2 heterocycles. The van der Waals surface area contributed by atoms with Crippen molar-refractivity contribution < 1.29 is 19.1 Å². The van der Waals surface area contributed by atoms with E-state index in [4.69, 9.17) is 14.3 Å². The minimum atomic E-state index is -0.554. The normalized spacial score (nSPS) is 22.1. The fraction of sp³-hybridized carbons (Fsp3) is 0.333. The second-order valence-corrected chi connectivity index (χ2v) is 7.12. The summed E-state index contributed by atoms with van der Waals surface area (Å²) in [7, 11) is 0. The zero-order chi connectivity index (χ0) is 18.2. The third-order valence-corrected chi connectivity index (χ3v) is 5.32. The van der Waals surface area contributed by atoms with Crippen LogP contribution in [0.25, 0.3) is 0 Å². The molecular weight excluding hydrogens is 344 g/mol. The molecule has 1 aliphatic carbocycles. The van der Waals surface area contributed by atoms with Crippen LogP contribution in [0.5, 0.6) is 11.5 Å². The van der Waals surface area contributed by atoms with Gasteiger partial charge in [-0.1, -0.05) is 35.5 Å². The number of carbonyl (C=O) groups is 1. The minimum absolute atomic E-state index is 0.0650. The van der Waals surface area contributed by atoms with Crippen LogP contribution in [0.2, 0.25) is 0 Å². The number of aryl methyl sites for hydroxylation is 1. The molecule has 0 fully saturated rings. The molecule has 3 aliphatic rings. The first kappa shape index (κ1) is 16.2. The van der Waals surface area contributed by atoms with Gasteiger partial charge in [0.2, 0.25) is 12.9 Å². The van der Waals surface area contributed by atoms with Gasteiger partial charge in [-0.2, -0.15) is 0 Å². The Labute approximate surface area is 157 Å². The second kappa shape index (κ2) is 6.61. The lowest BCUT2D eigenvalue weighted by molar-refractivity contribution is -0.131. The molecule has 2 aromatic rings. The zero-order valence-electron chi connectivity index (χ0n) is 14.8. The number of hydrogen-bond donors (Lipinski definition) is 1. The fourth-order valence-corrected chi connectivity index (χ4v) is 3.93. The molecule has 1 amide bonds. The highest BCUT2D eigenvalue weighted by atomic mass is 16.7. The highest BCUT2D eigenvalue weighted by Crippen LogP contribution is 2.33. The molecule has 2 atom stereocenters. The Morgan fingerprint density at radius 3 is 3.00 bits per heavy atom. The summed E-state index contributed by atoms with van der Waals surface area (Å²) in [5.74, 6) is 1.42. The highest BCUT2D eigenvalue weighted by Gasteiger charge is 2.32. The lowest BCUT2D eigenvalue weighted by Gasteiger charge is -2.16. The molecule has 5 rings (SSSR count). The van der Waals surface area contributed by atoms with Crippen LogP contribution in [0.4, 0.5) is 0 Å². The van der Waals surface area contributed by atoms with E-state index in [2.05, 4.69) is 22.6 Å². The van der Waals surface area contributed by atoms with Crippen LogP contribution in [-0.2, 0) is 22.5 Å². The summed E-state index contributed by atoms with van der Waals surface area (Å²) in [5, 5.41) is 7.25. The number of carbonyl (C=O) groups excluding carboxylic acids is 1. The van der Waals surface area contributed by atoms with Gasteiger partial charge >= 0.3 is 0 Å². The first-order chi connectivity index (χ1) is 13.3. The number of oxime groups is 1. The summed E-state index contributed by atoms with van der Waals surface area (Å²) in [6.45, 7) is 0.259. The Hall–Kier alpha value is -3.02. The van der Waals surface area contributed by atoms with Crippen molar-refractivity contribution >= 4 is 11.6 Å². The zero-order valence-corrected chi connectivity index (χ0v) is 14.8. The van der Waals surface area contributed by atoms with Crippen molar-refractivity contribution in [3.05, 3.63) is 59.2 Å². The Kier molecular flexibility index (Phi) is 3.96. The largest absolute Gasteiger partial charge is 0.454 e. The average molecular weight is 364 g/mol. The van der Waals surface area contributed by atoms with E-state index in [0.717, 1.165) is 35.6 Å². The van der Waals surface area contributed by atoms with Gasteiger partial charge in [0.1, 0.15) is 0 Å². The maximum atomic E-state index is 12.6. The van der Waals surface area contributed by atoms with Crippen LogP contribution in [-0.4, -0.2) is 24.5 Å². The van der Waals surface area contributed by atoms with E-state index in [9.17, 15) is 4.79 Å². The Bertz CT molecular complexity index is 924. The van der Waals surface area contributed by atoms with Crippen molar-refractivity contribution in [2.45, 2.75) is 37.8 Å². The summed E-state index contributed by atoms with van der Waals surface area (Å²) in [6, 6.07) is 14.2. The molecule has 2 aliphatic heterocycles. The summed E-state index contributed by atoms with van der Waals surface area (Å²) in [5.41, 5.74) is 4.45. The maximum Gasteiger partial charge on any atom is 0.264 e. The number of nitrogens with zero attached hydrogens (tertiary/aromatic N) is 1. The van der Waals surface area contributed by atoms with E-state index in [1.807, 2.05) is 30.3 Å². The topological polar surface area (TPSA) is 69.2 Å². The summed E-state index contributed by atoms with van der Waals surface area (Å²) in [6.07, 6.45) is 2.52. The van der Waals surface area contributed by atoms with E-state index >= 15 is 0 Å². The first-order valence-electron chi connectivity index (χ1n) is 9.24. The molecule has 2 aromatic carbocycles. The van der Waals surface area contributed by atoms with Crippen LogP contribution in [0.15, 0.2) is 47.6 Å². The van der Waals surface area contributed by atoms with Gasteiger partial charge in [-0.05, 0) is 41.7 Å². The molecule has 6 heteroatoms. The van der Waals surface area contributed by atoms with Crippen LogP contribution < -0.4 is 14.8 Å². The predicted octanol–water partition coefficient (Wildman–Crippen LogP) is 2.91. The molecule has 0 saturated heterocycles. The number of hydrogen-bond acceptors (Lipinski definition) is 5. The smallest absolute Gasteiger partial charge is 0.264 e. The van der Waals surface area contributed by atoms with Crippen LogP contribution in [0.1, 0.15) is 35.6 Å². The Morgan fingerprint density at radius 2 is 2.04 bits per heavy atom. The minimum Gasteiger partial charge on any atom is -0.454 e. The van der Waals surface area contributed by atoms with Crippen LogP contribution in [0, 0.1) is 0 Å². The molecule has 138 valence electrons. The monoisotopic (exact) mass is 364 g/mol. The fourth-order valence-electron chi connectivity index (χ4n) is 3.93. The quantitative estimate of drug-likeness (QED) is 0.906. The highest BCUT2D eigenvalue weighted by molar-refractivity contribution is 5.94. The summed E-state index contributed by atoms with van der Waals surface area (Å²) >= 11 is 0. The Morgan fingerprint density at radius 1 is 1.15 bits per heavy atom.